The lowest BCUT2D eigenvalue weighted by Crippen LogP contribution is -2.26. The van der Waals surface area contributed by atoms with Crippen LogP contribution in [0.1, 0.15) is 24.1 Å². The zero-order chi connectivity index (χ0) is 16.4. The average molecular weight is 347 g/mol. The third kappa shape index (κ3) is 3.61. The molecule has 0 aliphatic carbocycles. The number of aliphatic hydroxyl groups excluding tert-OH is 1. The summed E-state index contributed by atoms with van der Waals surface area (Å²) in [6, 6.07) is 10.1. The molecule has 2 atom stereocenters. The first-order valence-electron chi connectivity index (χ1n) is 7.09. The summed E-state index contributed by atoms with van der Waals surface area (Å²) in [5.74, 6) is 0.415. The number of aromatic nitrogens is 3. The number of thioether (sulfide) groups is 1. The summed E-state index contributed by atoms with van der Waals surface area (Å²) in [6.45, 7) is 1.81. The van der Waals surface area contributed by atoms with Crippen molar-refractivity contribution in [1.82, 2.24) is 15.0 Å². The van der Waals surface area contributed by atoms with E-state index in [9.17, 15) is 5.11 Å². The standard InChI is InChI=1S/C15H17N5OS2/c1-8(12(16)21)10-11-13(23-14(17)18-11)20-15(19-10)22-7-9-5-3-2-4-6-9/h2-6,8,12,21H,7,16H2,1H3,(H2,17,18)/t8-,12?/m1/s1. The molecule has 120 valence electrons. The summed E-state index contributed by atoms with van der Waals surface area (Å²) in [5, 5.41) is 10.8. The normalized spacial score (nSPS) is 14.0. The zero-order valence-corrected chi connectivity index (χ0v) is 14.1. The van der Waals surface area contributed by atoms with Crippen LogP contribution >= 0.6 is 23.1 Å². The third-order valence-electron chi connectivity index (χ3n) is 3.44. The molecule has 1 aromatic carbocycles. The Hall–Kier alpha value is -1.74. The van der Waals surface area contributed by atoms with Crippen LogP contribution in [0, 0.1) is 0 Å². The topological polar surface area (TPSA) is 111 Å². The van der Waals surface area contributed by atoms with E-state index >= 15 is 0 Å². The highest BCUT2D eigenvalue weighted by molar-refractivity contribution is 7.98. The number of nitrogens with zero attached hydrogens (tertiary/aromatic N) is 3. The number of thiazole rings is 1. The van der Waals surface area contributed by atoms with Gasteiger partial charge in [-0.3, -0.25) is 0 Å². The number of nitrogen functional groups attached to an aromatic ring is 1. The van der Waals surface area contributed by atoms with Gasteiger partial charge in [-0.25, -0.2) is 15.0 Å². The van der Waals surface area contributed by atoms with Crippen LogP contribution in [0.3, 0.4) is 0 Å². The van der Waals surface area contributed by atoms with Crippen LogP contribution in [-0.4, -0.2) is 26.3 Å². The predicted octanol–water partition coefficient (Wildman–Crippen LogP) is 2.34. The lowest BCUT2D eigenvalue weighted by Gasteiger charge is -2.14. The number of benzene rings is 1. The maximum atomic E-state index is 9.69. The highest BCUT2D eigenvalue weighted by Gasteiger charge is 2.21. The van der Waals surface area contributed by atoms with Crippen molar-refractivity contribution in [2.24, 2.45) is 5.73 Å². The lowest BCUT2D eigenvalue weighted by molar-refractivity contribution is 0.155. The minimum atomic E-state index is -1.01. The first-order chi connectivity index (χ1) is 11.0. The van der Waals surface area contributed by atoms with Crippen LogP contribution < -0.4 is 11.5 Å². The van der Waals surface area contributed by atoms with Gasteiger partial charge in [-0.2, -0.15) is 0 Å². The molecule has 0 spiro atoms. The quantitative estimate of drug-likeness (QED) is 0.369. The Kier molecular flexibility index (Phi) is 4.76. The number of anilines is 1. The molecule has 0 saturated carbocycles. The Bertz CT molecular complexity index is 806. The van der Waals surface area contributed by atoms with Gasteiger partial charge in [0.25, 0.3) is 0 Å². The Balaban J connectivity index is 1.94. The fourth-order valence-electron chi connectivity index (χ4n) is 2.10. The molecule has 2 aromatic heterocycles. The molecular formula is C15H17N5OS2. The van der Waals surface area contributed by atoms with Crippen LogP contribution in [-0.2, 0) is 5.75 Å². The van der Waals surface area contributed by atoms with Crippen molar-refractivity contribution in [3.05, 3.63) is 41.6 Å². The second-order valence-corrected chi connectivity index (χ2v) is 7.10. The number of rotatable bonds is 5. The minimum Gasteiger partial charge on any atom is -0.378 e. The van der Waals surface area contributed by atoms with Crippen molar-refractivity contribution in [2.75, 3.05) is 5.73 Å². The summed E-state index contributed by atoms with van der Waals surface area (Å²) < 4.78 is 0. The highest BCUT2D eigenvalue weighted by Crippen LogP contribution is 2.31. The molecule has 23 heavy (non-hydrogen) atoms. The molecule has 0 aliphatic rings. The van der Waals surface area contributed by atoms with E-state index in [4.69, 9.17) is 11.5 Å². The fourth-order valence-corrected chi connectivity index (χ4v) is 3.68. The molecule has 3 rings (SSSR count). The third-order valence-corrected chi connectivity index (χ3v) is 5.13. The highest BCUT2D eigenvalue weighted by atomic mass is 32.2. The van der Waals surface area contributed by atoms with Crippen molar-refractivity contribution < 1.29 is 5.11 Å². The first-order valence-corrected chi connectivity index (χ1v) is 8.89. The molecule has 2 heterocycles. The SMILES string of the molecule is C[C@H](c1nc(SCc2ccccc2)nc2sc(N)nc12)C(N)O. The smallest absolute Gasteiger partial charge is 0.189 e. The summed E-state index contributed by atoms with van der Waals surface area (Å²) >= 11 is 2.85. The first kappa shape index (κ1) is 16.1. The number of fused-ring (bicyclic) bond motifs is 1. The molecule has 0 saturated heterocycles. The second-order valence-electron chi connectivity index (χ2n) is 5.15. The molecule has 0 fully saturated rings. The van der Waals surface area contributed by atoms with Crippen molar-refractivity contribution >= 4 is 38.6 Å². The van der Waals surface area contributed by atoms with Crippen molar-refractivity contribution in [1.29, 1.82) is 0 Å². The van der Waals surface area contributed by atoms with Crippen LogP contribution in [0.25, 0.3) is 10.3 Å². The van der Waals surface area contributed by atoms with Gasteiger partial charge in [0, 0.05) is 11.7 Å². The Morgan fingerprint density at radius 1 is 1.22 bits per heavy atom. The van der Waals surface area contributed by atoms with Gasteiger partial charge in [0.05, 0.1) is 5.69 Å². The van der Waals surface area contributed by atoms with Crippen molar-refractivity contribution in [3.63, 3.8) is 0 Å². The van der Waals surface area contributed by atoms with E-state index in [1.165, 1.54) is 28.7 Å². The molecule has 5 N–H and O–H groups in total. The number of hydrogen-bond acceptors (Lipinski definition) is 8. The maximum absolute atomic E-state index is 9.69. The average Bonchev–Trinajstić information content (AvgIpc) is 2.92. The number of nitrogens with two attached hydrogens (primary N) is 2. The molecule has 8 heteroatoms. The van der Waals surface area contributed by atoms with Gasteiger partial charge in [0.1, 0.15) is 16.6 Å². The van der Waals surface area contributed by atoms with E-state index in [1.54, 1.807) is 0 Å². The van der Waals surface area contributed by atoms with Crippen LogP contribution in [0.5, 0.6) is 0 Å². The summed E-state index contributed by atoms with van der Waals surface area (Å²) in [5.41, 5.74) is 13.8. The van der Waals surface area contributed by atoms with Gasteiger partial charge in [-0.05, 0) is 5.56 Å². The van der Waals surface area contributed by atoms with Crippen LogP contribution in [0.2, 0.25) is 0 Å². The minimum absolute atomic E-state index is 0.349. The number of aliphatic hydroxyl groups is 1. The van der Waals surface area contributed by atoms with Gasteiger partial charge in [0.15, 0.2) is 10.3 Å². The Labute approximate surface area is 142 Å². The summed E-state index contributed by atoms with van der Waals surface area (Å²) in [7, 11) is 0. The molecule has 0 amide bonds. The summed E-state index contributed by atoms with van der Waals surface area (Å²) in [6.07, 6.45) is -1.01. The second kappa shape index (κ2) is 6.79. The van der Waals surface area contributed by atoms with Gasteiger partial charge in [-0.1, -0.05) is 60.4 Å². The molecule has 6 nitrogen and oxygen atoms in total. The number of hydrogen-bond donors (Lipinski definition) is 3. The predicted molar refractivity (Wildman–Crippen MR) is 94.2 cm³/mol. The van der Waals surface area contributed by atoms with Crippen molar-refractivity contribution in [3.8, 4) is 0 Å². The van der Waals surface area contributed by atoms with E-state index in [2.05, 4.69) is 27.1 Å². The molecule has 3 aromatic rings. The van der Waals surface area contributed by atoms with E-state index in [1.807, 2.05) is 25.1 Å². The van der Waals surface area contributed by atoms with Gasteiger partial charge < -0.3 is 16.6 Å². The Morgan fingerprint density at radius 2 is 1.96 bits per heavy atom. The molecule has 0 bridgehead atoms. The van der Waals surface area contributed by atoms with Crippen LogP contribution in [0.15, 0.2) is 35.5 Å². The van der Waals surface area contributed by atoms with Crippen LogP contribution in [0.4, 0.5) is 5.13 Å². The lowest BCUT2D eigenvalue weighted by atomic mass is 10.1. The van der Waals surface area contributed by atoms with Crippen molar-refractivity contribution in [2.45, 2.75) is 30.0 Å². The maximum Gasteiger partial charge on any atom is 0.189 e. The van der Waals surface area contributed by atoms with E-state index < -0.39 is 6.23 Å². The summed E-state index contributed by atoms with van der Waals surface area (Å²) in [4.78, 5) is 14.1. The van der Waals surface area contributed by atoms with Gasteiger partial charge in [0.2, 0.25) is 0 Å². The largest absolute Gasteiger partial charge is 0.378 e. The Morgan fingerprint density at radius 3 is 2.65 bits per heavy atom. The van der Waals surface area contributed by atoms with Gasteiger partial charge in [-0.15, -0.1) is 0 Å². The molecule has 0 radical (unpaired) electrons. The fraction of sp³-hybridized carbons (Fsp3) is 0.267. The monoisotopic (exact) mass is 347 g/mol. The van der Waals surface area contributed by atoms with Gasteiger partial charge >= 0.3 is 0 Å². The molecule has 1 unspecified atom stereocenters. The molecular weight excluding hydrogens is 330 g/mol. The van der Waals surface area contributed by atoms with E-state index in [0.717, 1.165) is 10.6 Å². The molecule has 0 aliphatic heterocycles. The van der Waals surface area contributed by atoms with E-state index in [0.29, 0.717) is 21.5 Å². The zero-order valence-electron chi connectivity index (χ0n) is 12.5. The van der Waals surface area contributed by atoms with E-state index in [-0.39, 0.29) is 5.92 Å².